The van der Waals surface area contributed by atoms with E-state index in [0.717, 1.165) is 51.6 Å². The van der Waals surface area contributed by atoms with Crippen LogP contribution in [0.3, 0.4) is 0 Å². The zero-order valence-electron chi connectivity index (χ0n) is 15.0. The Balaban J connectivity index is 1.55. The van der Waals surface area contributed by atoms with Crippen LogP contribution in [0.15, 0.2) is 0 Å². The van der Waals surface area contributed by atoms with Crippen molar-refractivity contribution in [3.8, 4) is 0 Å². The molecule has 0 spiro atoms. The molecule has 0 aromatic carbocycles. The third-order valence-electron chi connectivity index (χ3n) is 6.01. The lowest BCUT2D eigenvalue weighted by Crippen LogP contribution is -2.49. The lowest BCUT2D eigenvalue weighted by atomic mass is 9.79. The summed E-state index contributed by atoms with van der Waals surface area (Å²) in [5, 5.41) is 6.25. The van der Waals surface area contributed by atoms with Gasteiger partial charge in [0.25, 0.3) is 0 Å². The molecule has 7 nitrogen and oxygen atoms in total. The van der Waals surface area contributed by atoms with E-state index in [9.17, 15) is 14.4 Å². The van der Waals surface area contributed by atoms with Crippen LogP contribution in [0.2, 0.25) is 0 Å². The highest BCUT2D eigenvalue weighted by Gasteiger charge is 2.48. The Bertz CT molecular complexity index is 501. The molecule has 0 radical (unpaired) electrons. The fraction of sp³-hybridized carbons (Fsp3) is 0.833. The third-order valence-corrected chi connectivity index (χ3v) is 6.01. The lowest BCUT2D eigenvalue weighted by molar-refractivity contribution is -0.143. The summed E-state index contributed by atoms with van der Waals surface area (Å²) in [7, 11) is 1.68. The monoisotopic (exact) mass is 351 g/mol. The van der Waals surface area contributed by atoms with E-state index in [2.05, 4.69) is 10.6 Å². The molecule has 3 aliphatic rings. The maximum atomic E-state index is 12.5. The van der Waals surface area contributed by atoms with Crippen LogP contribution in [0.4, 0.5) is 0 Å². The number of nitrogens with one attached hydrogen (secondary N) is 2. The summed E-state index contributed by atoms with van der Waals surface area (Å²) in [6, 6.07) is 0. The number of rotatable bonds is 6. The van der Waals surface area contributed by atoms with Crippen LogP contribution in [0.5, 0.6) is 0 Å². The molecule has 2 aliphatic heterocycles. The molecule has 0 aromatic rings. The molecular formula is C18H29N3O4. The predicted octanol–water partition coefficient (Wildman–Crippen LogP) is 0.294. The Morgan fingerprint density at radius 3 is 2.36 bits per heavy atom. The first-order valence-corrected chi connectivity index (χ1v) is 9.38. The molecule has 7 heteroatoms. The summed E-state index contributed by atoms with van der Waals surface area (Å²) >= 11 is 0. The van der Waals surface area contributed by atoms with Crippen LogP contribution in [-0.2, 0) is 19.1 Å². The van der Waals surface area contributed by atoms with Crippen molar-refractivity contribution in [2.45, 2.75) is 38.5 Å². The lowest BCUT2D eigenvalue weighted by Gasteiger charge is -2.37. The largest absolute Gasteiger partial charge is 0.384 e. The maximum absolute atomic E-state index is 12.5. The van der Waals surface area contributed by atoms with Crippen LogP contribution in [0.1, 0.15) is 38.5 Å². The minimum absolute atomic E-state index is 0.0668. The average Bonchev–Trinajstić information content (AvgIpc) is 2.87. The van der Waals surface area contributed by atoms with Crippen LogP contribution < -0.4 is 10.6 Å². The van der Waals surface area contributed by atoms with Gasteiger partial charge in [0.15, 0.2) is 0 Å². The number of ether oxygens (including phenoxy) is 1. The molecule has 140 valence electrons. The number of fused-ring (bicyclic) bond motifs is 1. The number of carbonyl (C=O) groups excluding carboxylic acids is 3. The fourth-order valence-electron chi connectivity index (χ4n) is 4.51. The van der Waals surface area contributed by atoms with E-state index in [1.54, 1.807) is 7.11 Å². The van der Waals surface area contributed by atoms with Crippen molar-refractivity contribution in [1.82, 2.24) is 15.5 Å². The summed E-state index contributed by atoms with van der Waals surface area (Å²) in [5.74, 6) is -0.956. The van der Waals surface area contributed by atoms with E-state index in [4.69, 9.17) is 4.74 Å². The van der Waals surface area contributed by atoms with Gasteiger partial charge in [-0.05, 0) is 38.8 Å². The highest BCUT2D eigenvalue weighted by molar-refractivity contribution is 6.07. The molecule has 1 saturated carbocycles. The Morgan fingerprint density at radius 2 is 1.80 bits per heavy atom. The van der Waals surface area contributed by atoms with Gasteiger partial charge in [0.1, 0.15) is 6.54 Å². The number of hydrogen-bond donors (Lipinski definition) is 2. The normalized spacial score (nSPS) is 28.8. The molecule has 2 N–H and O–H groups in total. The van der Waals surface area contributed by atoms with Crippen molar-refractivity contribution in [2.75, 3.05) is 39.9 Å². The number of nitrogens with zero attached hydrogens (tertiary/aromatic N) is 1. The first-order chi connectivity index (χ1) is 12.1. The quantitative estimate of drug-likeness (QED) is 0.672. The molecule has 2 heterocycles. The van der Waals surface area contributed by atoms with Crippen molar-refractivity contribution in [1.29, 1.82) is 0 Å². The van der Waals surface area contributed by atoms with Gasteiger partial charge < -0.3 is 15.4 Å². The van der Waals surface area contributed by atoms with Gasteiger partial charge in [0.05, 0.1) is 18.4 Å². The number of imide groups is 1. The molecule has 25 heavy (non-hydrogen) atoms. The summed E-state index contributed by atoms with van der Waals surface area (Å²) < 4.78 is 5.35. The Morgan fingerprint density at radius 1 is 1.20 bits per heavy atom. The molecule has 3 fully saturated rings. The summed E-state index contributed by atoms with van der Waals surface area (Å²) in [4.78, 5) is 38.5. The number of amides is 3. The minimum atomic E-state index is -0.255. The first-order valence-electron chi connectivity index (χ1n) is 9.38. The molecular weight excluding hydrogens is 322 g/mol. The van der Waals surface area contributed by atoms with E-state index in [1.165, 1.54) is 4.90 Å². The van der Waals surface area contributed by atoms with Gasteiger partial charge in [-0.2, -0.15) is 0 Å². The highest BCUT2D eigenvalue weighted by atomic mass is 16.5. The van der Waals surface area contributed by atoms with Gasteiger partial charge in [-0.3, -0.25) is 19.3 Å². The van der Waals surface area contributed by atoms with Crippen LogP contribution in [-0.4, -0.2) is 62.5 Å². The SMILES string of the molecule is COCC1(CNC(=O)CN2C(=O)C3CCCCC3C2=O)CCNCC1. The second-order valence-corrected chi connectivity index (χ2v) is 7.72. The van der Waals surface area contributed by atoms with Crippen LogP contribution in [0.25, 0.3) is 0 Å². The smallest absolute Gasteiger partial charge is 0.240 e. The average molecular weight is 351 g/mol. The van der Waals surface area contributed by atoms with Gasteiger partial charge in [0, 0.05) is 19.1 Å². The zero-order chi connectivity index (χ0) is 17.9. The van der Waals surface area contributed by atoms with E-state index < -0.39 is 0 Å². The highest BCUT2D eigenvalue weighted by Crippen LogP contribution is 2.37. The van der Waals surface area contributed by atoms with Crippen molar-refractivity contribution in [3.05, 3.63) is 0 Å². The number of piperidine rings is 1. The molecule has 0 aromatic heterocycles. The van der Waals surface area contributed by atoms with Crippen molar-refractivity contribution in [2.24, 2.45) is 17.3 Å². The Labute approximate surface area is 148 Å². The van der Waals surface area contributed by atoms with E-state index >= 15 is 0 Å². The van der Waals surface area contributed by atoms with Crippen molar-refractivity contribution in [3.63, 3.8) is 0 Å². The van der Waals surface area contributed by atoms with Gasteiger partial charge in [-0.1, -0.05) is 12.8 Å². The first kappa shape index (κ1) is 18.3. The molecule has 2 atom stereocenters. The molecule has 2 saturated heterocycles. The van der Waals surface area contributed by atoms with Gasteiger partial charge in [-0.25, -0.2) is 0 Å². The van der Waals surface area contributed by atoms with E-state index in [-0.39, 0.29) is 41.5 Å². The number of carbonyl (C=O) groups is 3. The van der Waals surface area contributed by atoms with Crippen molar-refractivity contribution >= 4 is 17.7 Å². The van der Waals surface area contributed by atoms with Crippen LogP contribution >= 0.6 is 0 Å². The fourth-order valence-corrected chi connectivity index (χ4v) is 4.51. The molecule has 3 amide bonds. The van der Waals surface area contributed by atoms with Gasteiger partial charge >= 0.3 is 0 Å². The summed E-state index contributed by atoms with van der Waals surface area (Å²) in [6.07, 6.45) is 5.41. The number of hydrogen-bond acceptors (Lipinski definition) is 5. The van der Waals surface area contributed by atoms with Crippen molar-refractivity contribution < 1.29 is 19.1 Å². The summed E-state index contributed by atoms with van der Waals surface area (Å²) in [5.41, 5.74) is -0.0668. The molecule has 2 unspecified atom stereocenters. The number of likely N-dealkylation sites (tertiary alicyclic amines) is 1. The van der Waals surface area contributed by atoms with E-state index in [1.807, 2.05) is 0 Å². The van der Waals surface area contributed by atoms with Gasteiger partial charge in [-0.15, -0.1) is 0 Å². The van der Waals surface area contributed by atoms with Gasteiger partial charge in [0.2, 0.25) is 17.7 Å². The molecule has 1 aliphatic carbocycles. The molecule has 3 rings (SSSR count). The summed E-state index contributed by atoms with van der Waals surface area (Å²) in [6.45, 7) is 2.79. The predicted molar refractivity (Wildman–Crippen MR) is 91.6 cm³/mol. The Kier molecular flexibility index (Phi) is 5.74. The number of methoxy groups -OCH3 is 1. The maximum Gasteiger partial charge on any atom is 0.240 e. The molecule has 0 bridgehead atoms. The second kappa shape index (κ2) is 7.83. The van der Waals surface area contributed by atoms with Crippen LogP contribution in [0, 0.1) is 17.3 Å². The third kappa shape index (κ3) is 3.87. The van der Waals surface area contributed by atoms with E-state index in [0.29, 0.717) is 13.2 Å². The second-order valence-electron chi connectivity index (χ2n) is 7.72. The topological polar surface area (TPSA) is 87.7 Å². The Hall–Kier alpha value is -1.47. The standard InChI is InChI=1S/C18H29N3O4/c1-25-12-18(6-8-19-9-7-18)11-20-15(22)10-21-16(23)13-4-2-3-5-14(13)17(21)24/h13-14,19H,2-12H2,1H3,(H,20,22). The zero-order valence-corrected chi connectivity index (χ0v) is 15.0. The minimum Gasteiger partial charge on any atom is -0.384 e.